The summed E-state index contributed by atoms with van der Waals surface area (Å²) in [6.45, 7) is -0.801. The highest BCUT2D eigenvalue weighted by molar-refractivity contribution is 9.10. The molecule has 0 heterocycles. The van der Waals surface area contributed by atoms with Crippen LogP contribution in [-0.2, 0) is 21.0 Å². The third kappa shape index (κ3) is 5.62. The Labute approximate surface area is 196 Å². The number of anilines is 2. The lowest BCUT2D eigenvalue weighted by molar-refractivity contribution is -0.137. The van der Waals surface area contributed by atoms with Gasteiger partial charge in [-0.15, -0.1) is 0 Å². The van der Waals surface area contributed by atoms with Gasteiger partial charge in [0.2, 0.25) is 5.91 Å². The molecule has 0 bridgehead atoms. The van der Waals surface area contributed by atoms with Crippen LogP contribution in [0.15, 0.2) is 82.2 Å². The maximum atomic E-state index is 13.3. The molecule has 0 aliphatic heterocycles. The number of hydrogen-bond donors (Lipinski definition) is 1. The van der Waals surface area contributed by atoms with Gasteiger partial charge in [0.25, 0.3) is 10.0 Å². The van der Waals surface area contributed by atoms with Gasteiger partial charge in [0, 0.05) is 10.2 Å². The topological polar surface area (TPSA) is 66.5 Å². The molecule has 0 radical (unpaired) electrons. The van der Waals surface area contributed by atoms with Crippen molar-refractivity contribution >= 4 is 54.8 Å². The van der Waals surface area contributed by atoms with Crippen molar-refractivity contribution < 1.29 is 26.4 Å². The average molecular weight is 548 g/mol. The fourth-order valence-corrected chi connectivity index (χ4v) is 4.92. The zero-order valence-corrected chi connectivity index (χ0v) is 19.3. The number of halogens is 5. The van der Waals surface area contributed by atoms with Crippen molar-refractivity contribution in [1.82, 2.24) is 0 Å². The van der Waals surface area contributed by atoms with Gasteiger partial charge in [0.05, 0.1) is 21.2 Å². The lowest BCUT2D eigenvalue weighted by Crippen LogP contribution is -2.38. The van der Waals surface area contributed by atoms with Crippen LogP contribution in [0.5, 0.6) is 0 Å². The number of rotatable bonds is 6. The number of nitrogens with one attached hydrogen (secondary N) is 1. The number of carbonyl (C=O) groups excluding carboxylic acids is 1. The number of nitrogens with zero attached hydrogens (tertiary/aromatic N) is 1. The molecule has 0 saturated carbocycles. The predicted molar refractivity (Wildman–Crippen MR) is 120 cm³/mol. The summed E-state index contributed by atoms with van der Waals surface area (Å²) in [5, 5.41) is 2.27. The summed E-state index contributed by atoms with van der Waals surface area (Å²) >= 11 is 9.34. The van der Waals surface area contributed by atoms with E-state index in [1.807, 2.05) is 0 Å². The van der Waals surface area contributed by atoms with Gasteiger partial charge in [-0.3, -0.25) is 9.10 Å². The van der Waals surface area contributed by atoms with Crippen molar-refractivity contribution in [3.8, 4) is 0 Å². The summed E-state index contributed by atoms with van der Waals surface area (Å²) in [6, 6.07) is 15.9. The number of hydrogen-bond acceptors (Lipinski definition) is 3. The first-order valence-electron chi connectivity index (χ1n) is 8.98. The fourth-order valence-electron chi connectivity index (χ4n) is 2.80. The van der Waals surface area contributed by atoms with Crippen LogP contribution in [0.1, 0.15) is 5.56 Å². The van der Waals surface area contributed by atoms with Crippen LogP contribution in [0.2, 0.25) is 5.02 Å². The van der Waals surface area contributed by atoms with Crippen LogP contribution in [-0.4, -0.2) is 20.9 Å². The second kappa shape index (κ2) is 9.51. The Morgan fingerprint density at radius 3 is 2.31 bits per heavy atom. The largest absolute Gasteiger partial charge is 0.416 e. The lowest BCUT2D eigenvalue weighted by Gasteiger charge is -2.26. The highest BCUT2D eigenvalue weighted by Gasteiger charge is 2.34. The van der Waals surface area contributed by atoms with Crippen LogP contribution < -0.4 is 9.62 Å². The first-order chi connectivity index (χ1) is 15.0. The molecule has 0 aromatic heterocycles. The minimum Gasteiger partial charge on any atom is -0.324 e. The quantitative estimate of drug-likeness (QED) is 0.414. The summed E-state index contributed by atoms with van der Waals surface area (Å²) in [6.07, 6.45) is -4.74. The molecule has 3 aromatic rings. The SMILES string of the molecule is O=C(CN(c1cc(C(F)(F)F)ccc1Cl)S(=O)(=O)c1ccccc1)Nc1cccc(Br)c1. The number of sulfonamides is 1. The first kappa shape index (κ1) is 24.1. The molecule has 168 valence electrons. The Morgan fingerprint density at radius 2 is 1.69 bits per heavy atom. The van der Waals surface area contributed by atoms with Crippen LogP contribution in [0.3, 0.4) is 0 Å². The molecule has 1 amide bonds. The van der Waals surface area contributed by atoms with Crippen LogP contribution in [0, 0.1) is 0 Å². The van der Waals surface area contributed by atoms with E-state index in [2.05, 4.69) is 21.2 Å². The van der Waals surface area contributed by atoms with Crippen molar-refractivity contribution in [2.24, 2.45) is 0 Å². The van der Waals surface area contributed by atoms with Gasteiger partial charge in [-0.25, -0.2) is 8.42 Å². The molecule has 32 heavy (non-hydrogen) atoms. The number of carbonyl (C=O) groups is 1. The molecule has 5 nitrogen and oxygen atoms in total. The summed E-state index contributed by atoms with van der Waals surface area (Å²) in [7, 11) is -4.42. The van der Waals surface area contributed by atoms with Crippen LogP contribution in [0.4, 0.5) is 24.5 Å². The molecule has 0 aliphatic carbocycles. The summed E-state index contributed by atoms with van der Waals surface area (Å²) in [5.41, 5.74) is -1.19. The van der Waals surface area contributed by atoms with E-state index in [4.69, 9.17) is 11.6 Å². The van der Waals surface area contributed by atoms with Gasteiger partial charge in [-0.2, -0.15) is 13.2 Å². The highest BCUT2D eigenvalue weighted by atomic mass is 79.9. The third-order valence-electron chi connectivity index (χ3n) is 4.27. The first-order valence-corrected chi connectivity index (χ1v) is 11.6. The Kier molecular flexibility index (Phi) is 7.16. The zero-order chi connectivity index (χ0) is 23.5. The minimum absolute atomic E-state index is 0.205. The Morgan fingerprint density at radius 1 is 1.00 bits per heavy atom. The standard InChI is InChI=1S/C21H15BrClF3N2O3S/c22-15-5-4-6-16(12-15)27-20(29)13-28(32(30,31)17-7-2-1-3-8-17)19-11-14(21(24,25)26)9-10-18(19)23/h1-12H,13H2,(H,27,29). The van der Waals surface area contributed by atoms with E-state index in [1.54, 1.807) is 30.3 Å². The van der Waals surface area contributed by atoms with E-state index < -0.39 is 39.9 Å². The molecule has 0 spiro atoms. The van der Waals surface area contributed by atoms with Gasteiger partial charge < -0.3 is 5.32 Å². The number of alkyl halides is 3. The molecule has 3 rings (SSSR count). The molecule has 1 N–H and O–H groups in total. The van der Waals surface area contributed by atoms with E-state index >= 15 is 0 Å². The summed E-state index contributed by atoms with van der Waals surface area (Å²) in [4.78, 5) is 12.5. The second-order valence-electron chi connectivity index (χ2n) is 6.55. The minimum atomic E-state index is -4.74. The highest BCUT2D eigenvalue weighted by Crippen LogP contribution is 2.37. The van der Waals surface area contributed by atoms with Gasteiger partial charge in [0.1, 0.15) is 6.54 Å². The molecule has 0 atom stereocenters. The van der Waals surface area contributed by atoms with Gasteiger partial charge in [-0.05, 0) is 48.5 Å². The van der Waals surface area contributed by atoms with Crippen LogP contribution in [0.25, 0.3) is 0 Å². The van der Waals surface area contributed by atoms with Gasteiger partial charge in [-0.1, -0.05) is 51.8 Å². The number of benzene rings is 3. The molecule has 3 aromatic carbocycles. The molecular weight excluding hydrogens is 533 g/mol. The van der Waals surface area contributed by atoms with Gasteiger partial charge >= 0.3 is 6.18 Å². The van der Waals surface area contributed by atoms with Crippen molar-refractivity contribution in [2.45, 2.75) is 11.1 Å². The van der Waals surface area contributed by atoms with E-state index in [0.717, 1.165) is 12.1 Å². The van der Waals surface area contributed by atoms with E-state index in [1.165, 1.54) is 24.3 Å². The Balaban J connectivity index is 2.06. The maximum absolute atomic E-state index is 13.3. The third-order valence-corrected chi connectivity index (χ3v) is 6.86. The predicted octanol–water partition coefficient (Wildman–Crippen LogP) is 5.96. The van der Waals surface area contributed by atoms with Gasteiger partial charge in [0.15, 0.2) is 0 Å². The van der Waals surface area contributed by atoms with E-state index in [-0.39, 0.29) is 9.92 Å². The molecule has 0 saturated heterocycles. The van der Waals surface area contributed by atoms with Crippen molar-refractivity contribution in [1.29, 1.82) is 0 Å². The van der Waals surface area contributed by atoms with E-state index in [9.17, 15) is 26.4 Å². The molecular formula is C21H15BrClF3N2O3S. The molecule has 0 unspecified atom stereocenters. The number of amides is 1. The lowest BCUT2D eigenvalue weighted by atomic mass is 10.2. The Hall–Kier alpha value is -2.56. The zero-order valence-electron chi connectivity index (χ0n) is 16.1. The molecule has 11 heteroatoms. The van der Waals surface area contributed by atoms with Crippen LogP contribution >= 0.6 is 27.5 Å². The summed E-state index contributed by atoms with van der Waals surface area (Å²) in [5.74, 6) is -0.768. The van der Waals surface area contributed by atoms with Crippen molar-refractivity contribution in [3.05, 3.63) is 87.9 Å². The van der Waals surface area contributed by atoms with Crippen molar-refractivity contribution in [2.75, 3.05) is 16.2 Å². The molecule has 0 aliphatic rings. The van der Waals surface area contributed by atoms with Crippen molar-refractivity contribution in [3.63, 3.8) is 0 Å². The smallest absolute Gasteiger partial charge is 0.324 e. The normalized spacial score (nSPS) is 11.8. The second-order valence-corrected chi connectivity index (χ2v) is 9.73. The molecule has 0 fully saturated rings. The average Bonchev–Trinajstić information content (AvgIpc) is 2.72. The summed E-state index contributed by atoms with van der Waals surface area (Å²) < 4.78 is 67.6. The maximum Gasteiger partial charge on any atom is 0.416 e. The monoisotopic (exact) mass is 546 g/mol. The Bertz CT molecular complexity index is 1240. The fraction of sp³-hybridized carbons (Fsp3) is 0.0952. The van der Waals surface area contributed by atoms with E-state index in [0.29, 0.717) is 20.5 Å².